The minimum Gasteiger partial charge on any atom is -0.399 e. The van der Waals surface area contributed by atoms with Crippen LogP contribution in [0.5, 0.6) is 0 Å². The van der Waals surface area contributed by atoms with Crippen LogP contribution < -0.4 is 11.1 Å². The molecule has 0 aromatic heterocycles. The predicted molar refractivity (Wildman–Crippen MR) is 76.5 cm³/mol. The average Bonchev–Trinajstić information content (AvgIpc) is 2.80. The third-order valence-corrected chi connectivity index (χ3v) is 4.35. The van der Waals surface area contributed by atoms with E-state index in [4.69, 9.17) is 5.73 Å². The van der Waals surface area contributed by atoms with E-state index in [-0.39, 0.29) is 17.0 Å². The molecule has 1 saturated carbocycles. The quantitative estimate of drug-likeness (QED) is 0.659. The van der Waals surface area contributed by atoms with Gasteiger partial charge in [-0.25, -0.2) is 4.39 Å². The van der Waals surface area contributed by atoms with Crippen LogP contribution in [0.25, 0.3) is 0 Å². The molecule has 0 radical (unpaired) electrons. The van der Waals surface area contributed by atoms with Gasteiger partial charge in [0.2, 0.25) is 5.91 Å². The Kier molecular flexibility index (Phi) is 4.69. The van der Waals surface area contributed by atoms with Crippen LogP contribution in [-0.2, 0) is 4.79 Å². The van der Waals surface area contributed by atoms with Crippen molar-refractivity contribution in [1.82, 2.24) is 5.32 Å². The second-order valence-electron chi connectivity index (χ2n) is 4.97. The third kappa shape index (κ3) is 4.13. The molecular weight excluding hydrogens is 263 g/mol. The largest absolute Gasteiger partial charge is 0.399 e. The number of rotatable bonds is 4. The summed E-state index contributed by atoms with van der Waals surface area (Å²) in [6.07, 6.45) is 4.51. The fourth-order valence-corrected chi connectivity index (χ4v) is 3.27. The van der Waals surface area contributed by atoms with Crippen LogP contribution in [0.4, 0.5) is 10.1 Å². The molecule has 104 valence electrons. The second-order valence-corrected chi connectivity index (χ2v) is 6.38. The summed E-state index contributed by atoms with van der Waals surface area (Å²) < 4.78 is 13.2. The van der Waals surface area contributed by atoms with Gasteiger partial charge in [-0.2, -0.15) is 0 Å². The first-order valence-corrected chi connectivity index (χ1v) is 7.45. The van der Waals surface area contributed by atoms with E-state index in [1.807, 2.05) is 6.92 Å². The molecule has 0 heterocycles. The highest BCUT2D eigenvalue weighted by Gasteiger charge is 2.21. The van der Waals surface area contributed by atoms with E-state index in [0.29, 0.717) is 16.6 Å². The van der Waals surface area contributed by atoms with Crippen molar-refractivity contribution in [3.8, 4) is 0 Å². The van der Waals surface area contributed by atoms with Gasteiger partial charge in [-0.15, -0.1) is 11.8 Å². The van der Waals surface area contributed by atoms with Crippen molar-refractivity contribution < 1.29 is 9.18 Å². The van der Waals surface area contributed by atoms with E-state index in [9.17, 15) is 9.18 Å². The molecule has 1 aromatic rings. The number of nitrogens with one attached hydrogen (secondary N) is 1. The topological polar surface area (TPSA) is 55.1 Å². The van der Waals surface area contributed by atoms with Gasteiger partial charge in [0.1, 0.15) is 5.82 Å². The van der Waals surface area contributed by atoms with Crippen molar-refractivity contribution in [1.29, 1.82) is 0 Å². The van der Waals surface area contributed by atoms with Gasteiger partial charge in [0, 0.05) is 16.6 Å². The molecule has 0 bridgehead atoms. The molecule has 1 aliphatic carbocycles. The lowest BCUT2D eigenvalue weighted by molar-refractivity contribution is -0.120. The molecule has 1 aromatic carbocycles. The Bertz CT molecular complexity index is 441. The number of amides is 1. The minimum absolute atomic E-state index is 0.0136. The van der Waals surface area contributed by atoms with Crippen molar-refractivity contribution in [3.63, 3.8) is 0 Å². The van der Waals surface area contributed by atoms with Crippen LogP contribution in [-0.4, -0.2) is 17.2 Å². The maximum absolute atomic E-state index is 13.2. The van der Waals surface area contributed by atoms with E-state index in [2.05, 4.69) is 5.32 Å². The van der Waals surface area contributed by atoms with E-state index in [0.717, 1.165) is 12.8 Å². The number of hydrogen-bond acceptors (Lipinski definition) is 3. The van der Waals surface area contributed by atoms with Gasteiger partial charge < -0.3 is 11.1 Å². The monoisotopic (exact) mass is 282 g/mol. The zero-order chi connectivity index (χ0) is 13.8. The number of carbonyl (C=O) groups excluding carboxylic acids is 1. The SMILES string of the molecule is CC(Sc1cc(N)cc(F)c1)C(=O)NC1CCCC1. The number of anilines is 1. The molecule has 0 saturated heterocycles. The second kappa shape index (κ2) is 6.28. The molecule has 1 fully saturated rings. The molecule has 1 unspecified atom stereocenters. The number of thioether (sulfide) groups is 1. The molecule has 3 N–H and O–H groups in total. The highest BCUT2D eigenvalue weighted by Crippen LogP contribution is 2.27. The summed E-state index contributed by atoms with van der Waals surface area (Å²) in [6, 6.07) is 4.67. The summed E-state index contributed by atoms with van der Waals surface area (Å²) >= 11 is 1.33. The molecule has 0 spiro atoms. The number of nitrogens with two attached hydrogens (primary N) is 1. The van der Waals surface area contributed by atoms with E-state index >= 15 is 0 Å². The molecule has 1 aliphatic rings. The minimum atomic E-state index is -0.370. The Morgan fingerprint density at radius 2 is 2.11 bits per heavy atom. The summed E-state index contributed by atoms with van der Waals surface area (Å²) in [7, 11) is 0. The van der Waals surface area contributed by atoms with Gasteiger partial charge in [0.15, 0.2) is 0 Å². The molecule has 0 aliphatic heterocycles. The Balaban J connectivity index is 1.91. The molecule has 19 heavy (non-hydrogen) atoms. The molecule has 3 nitrogen and oxygen atoms in total. The van der Waals surface area contributed by atoms with Crippen molar-refractivity contribution in [2.75, 3.05) is 5.73 Å². The van der Waals surface area contributed by atoms with Crippen LogP contribution in [0, 0.1) is 5.82 Å². The van der Waals surface area contributed by atoms with Gasteiger partial charge in [0.05, 0.1) is 5.25 Å². The molecule has 1 amide bonds. The first kappa shape index (κ1) is 14.2. The average molecular weight is 282 g/mol. The van der Waals surface area contributed by atoms with Crippen LogP contribution in [0.15, 0.2) is 23.1 Å². The highest BCUT2D eigenvalue weighted by molar-refractivity contribution is 8.00. The van der Waals surface area contributed by atoms with Crippen molar-refractivity contribution in [2.24, 2.45) is 0 Å². The fourth-order valence-electron chi connectivity index (χ4n) is 2.30. The maximum atomic E-state index is 13.2. The number of benzene rings is 1. The van der Waals surface area contributed by atoms with E-state index in [1.54, 1.807) is 6.07 Å². The summed E-state index contributed by atoms with van der Waals surface area (Å²) in [5.41, 5.74) is 5.97. The normalized spacial score (nSPS) is 17.4. The van der Waals surface area contributed by atoms with Crippen LogP contribution >= 0.6 is 11.8 Å². The number of hydrogen-bond donors (Lipinski definition) is 2. The first-order valence-electron chi connectivity index (χ1n) is 6.57. The summed E-state index contributed by atoms with van der Waals surface area (Å²) in [4.78, 5) is 12.7. The number of carbonyl (C=O) groups is 1. The van der Waals surface area contributed by atoms with Crippen LogP contribution in [0.3, 0.4) is 0 Å². The lowest BCUT2D eigenvalue weighted by atomic mass is 10.2. The smallest absolute Gasteiger partial charge is 0.233 e. The Morgan fingerprint density at radius 3 is 2.74 bits per heavy atom. The third-order valence-electron chi connectivity index (χ3n) is 3.28. The van der Waals surface area contributed by atoms with Gasteiger partial charge in [-0.1, -0.05) is 12.8 Å². The first-order chi connectivity index (χ1) is 9.04. The van der Waals surface area contributed by atoms with Crippen molar-refractivity contribution >= 4 is 23.4 Å². The Hall–Kier alpha value is -1.23. The Morgan fingerprint density at radius 1 is 1.42 bits per heavy atom. The van der Waals surface area contributed by atoms with Gasteiger partial charge in [-0.05, 0) is 38.0 Å². The number of halogens is 1. The summed E-state index contributed by atoms with van der Waals surface area (Å²) in [6.45, 7) is 1.83. The summed E-state index contributed by atoms with van der Waals surface area (Å²) in [5, 5.41) is 2.79. The van der Waals surface area contributed by atoms with Crippen LogP contribution in [0.2, 0.25) is 0 Å². The lowest BCUT2D eigenvalue weighted by Gasteiger charge is -2.16. The molecular formula is C14H19FN2OS. The molecule has 1 atom stereocenters. The standard InChI is InChI=1S/C14H19FN2OS/c1-9(14(18)17-12-4-2-3-5-12)19-13-7-10(15)6-11(16)8-13/h6-9,12H,2-5,16H2,1H3,(H,17,18). The van der Waals surface area contributed by atoms with Gasteiger partial charge in [0.25, 0.3) is 0 Å². The van der Waals surface area contributed by atoms with Crippen molar-refractivity contribution in [2.45, 2.75) is 48.8 Å². The van der Waals surface area contributed by atoms with Crippen LogP contribution in [0.1, 0.15) is 32.6 Å². The predicted octanol–water partition coefficient (Wildman–Crippen LogP) is 2.95. The lowest BCUT2D eigenvalue weighted by Crippen LogP contribution is -2.37. The highest BCUT2D eigenvalue weighted by atomic mass is 32.2. The van der Waals surface area contributed by atoms with E-state index < -0.39 is 0 Å². The summed E-state index contributed by atoms with van der Waals surface area (Å²) in [5.74, 6) is -0.356. The molecule has 5 heteroatoms. The van der Waals surface area contributed by atoms with E-state index in [1.165, 1.54) is 36.7 Å². The zero-order valence-corrected chi connectivity index (χ0v) is 11.8. The van der Waals surface area contributed by atoms with Crippen molar-refractivity contribution in [3.05, 3.63) is 24.0 Å². The number of nitrogen functional groups attached to an aromatic ring is 1. The van der Waals surface area contributed by atoms with Gasteiger partial charge in [-0.3, -0.25) is 4.79 Å². The fraction of sp³-hybridized carbons (Fsp3) is 0.500. The zero-order valence-electron chi connectivity index (χ0n) is 11.0. The molecule has 2 rings (SSSR count). The van der Waals surface area contributed by atoms with Gasteiger partial charge >= 0.3 is 0 Å². The maximum Gasteiger partial charge on any atom is 0.233 e. The Labute approximate surface area is 117 Å².